The summed E-state index contributed by atoms with van der Waals surface area (Å²) in [5, 5.41) is 11.1. The van der Waals surface area contributed by atoms with Crippen LogP contribution in [0.1, 0.15) is 31.1 Å². The molecule has 0 saturated heterocycles. The Morgan fingerprint density at radius 3 is 2.39 bits per heavy atom. The summed E-state index contributed by atoms with van der Waals surface area (Å²) in [5.74, 6) is -1.09. The van der Waals surface area contributed by atoms with Crippen molar-refractivity contribution in [2.24, 2.45) is 0 Å². The minimum absolute atomic E-state index is 0.0594. The Bertz CT molecular complexity index is 442. The number of hydrogen-bond acceptors (Lipinski definition) is 3. The third-order valence-electron chi connectivity index (χ3n) is 2.21. The average molecular weight is 251 g/mol. The van der Waals surface area contributed by atoms with Crippen molar-refractivity contribution in [1.29, 1.82) is 0 Å². The van der Waals surface area contributed by atoms with E-state index in [4.69, 9.17) is 9.84 Å². The van der Waals surface area contributed by atoms with Crippen LogP contribution in [-0.2, 0) is 4.79 Å². The van der Waals surface area contributed by atoms with Gasteiger partial charge in [0.25, 0.3) is 5.91 Å². The van der Waals surface area contributed by atoms with Crippen LogP contribution in [0.2, 0.25) is 0 Å². The molecular weight excluding hydrogens is 234 g/mol. The number of carboxylic acids is 1. The normalized spacial score (nSPS) is 12.0. The van der Waals surface area contributed by atoms with Crippen molar-refractivity contribution in [2.45, 2.75) is 32.9 Å². The van der Waals surface area contributed by atoms with E-state index in [2.05, 4.69) is 5.32 Å². The third-order valence-corrected chi connectivity index (χ3v) is 2.21. The Morgan fingerprint density at radius 2 is 1.83 bits per heavy atom. The molecule has 0 radical (unpaired) electrons. The lowest BCUT2D eigenvalue weighted by Gasteiger charge is -2.15. The lowest BCUT2D eigenvalue weighted by atomic mass is 10.1. The molecule has 5 nitrogen and oxygen atoms in total. The van der Waals surface area contributed by atoms with Crippen LogP contribution in [0.3, 0.4) is 0 Å². The highest BCUT2D eigenvalue weighted by Crippen LogP contribution is 2.19. The number of carboxylic acid groups (broad SMARTS) is 1. The molecule has 98 valence electrons. The first kappa shape index (κ1) is 14.0. The molecule has 18 heavy (non-hydrogen) atoms. The Balaban J connectivity index is 2.88. The van der Waals surface area contributed by atoms with Crippen LogP contribution >= 0.6 is 0 Å². The summed E-state index contributed by atoms with van der Waals surface area (Å²) in [7, 11) is 0. The molecule has 0 fully saturated rings. The lowest BCUT2D eigenvalue weighted by molar-refractivity contribution is -0.138. The molecule has 0 heterocycles. The van der Waals surface area contributed by atoms with Gasteiger partial charge in [0, 0.05) is 0 Å². The highest BCUT2D eigenvalue weighted by molar-refractivity contribution is 5.98. The Morgan fingerprint density at radius 1 is 1.22 bits per heavy atom. The molecule has 0 unspecified atom stereocenters. The molecule has 0 saturated carbocycles. The fourth-order valence-corrected chi connectivity index (χ4v) is 1.35. The van der Waals surface area contributed by atoms with E-state index in [-0.39, 0.29) is 6.10 Å². The molecule has 1 aromatic carbocycles. The predicted octanol–water partition coefficient (Wildman–Crippen LogP) is 1.68. The Hall–Kier alpha value is -2.04. The zero-order chi connectivity index (χ0) is 13.7. The maximum Gasteiger partial charge on any atom is 0.325 e. The molecule has 5 heteroatoms. The SMILES string of the molecule is CC(C)Oc1ccccc1C(=O)N[C@H](C)C(=O)O. The topological polar surface area (TPSA) is 75.6 Å². The molecule has 0 aliphatic heterocycles. The molecule has 1 atom stereocenters. The molecule has 0 spiro atoms. The summed E-state index contributed by atoms with van der Waals surface area (Å²) in [6.45, 7) is 5.12. The van der Waals surface area contributed by atoms with Gasteiger partial charge in [-0.15, -0.1) is 0 Å². The number of rotatable bonds is 5. The average Bonchev–Trinajstić information content (AvgIpc) is 2.28. The van der Waals surface area contributed by atoms with Gasteiger partial charge >= 0.3 is 5.97 Å². The summed E-state index contributed by atoms with van der Waals surface area (Å²) >= 11 is 0. The van der Waals surface area contributed by atoms with Crippen LogP contribution in [0.15, 0.2) is 24.3 Å². The first-order valence-corrected chi connectivity index (χ1v) is 5.71. The van der Waals surface area contributed by atoms with Gasteiger partial charge in [-0.1, -0.05) is 12.1 Å². The number of benzene rings is 1. The number of para-hydroxylation sites is 1. The van der Waals surface area contributed by atoms with Crippen LogP contribution in [-0.4, -0.2) is 29.1 Å². The van der Waals surface area contributed by atoms with Gasteiger partial charge in [-0.25, -0.2) is 0 Å². The second kappa shape index (κ2) is 6.05. The van der Waals surface area contributed by atoms with E-state index in [0.29, 0.717) is 11.3 Å². The molecule has 0 aliphatic rings. The fourth-order valence-electron chi connectivity index (χ4n) is 1.35. The van der Waals surface area contributed by atoms with Gasteiger partial charge in [-0.05, 0) is 32.9 Å². The fraction of sp³-hybridized carbons (Fsp3) is 0.385. The number of carbonyl (C=O) groups excluding carboxylic acids is 1. The minimum Gasteiger partial charge on any atom is -0.490 e. The highest BCUT2D eigenvalue weighted by Gasteiger charge is 2.18. The molecule has 2 N–H and O–H groups in total. The van der Waals surface area contributed by atoms with Gasteiger partial charge in [-0.3, -0.25) is 9.59 Å². The quantitative estimate of drug-likeness (QED) is 0.834. The molecular formula is C13H17NO4. The van der Waals surface area contributed by atoms with Gasteiger partial charge in [0.2, 0.25) is 0 Å². The van der Waals surface area contributed by atoms with E-state index < -0.39 is 17.9 Å². The van der Waals surface area contributed by atoms with E-state index in [0.717, 1.165) is 0 Å². The molecule has 1 aromatic rings. The van der Waals surface area contributed by atoms with Crippen molar-refractivity contribution in [2.75, 3.05) is 0 Å². The van der Waals surface area contributed by atoms with Crippen molar-refractivity contribution >= 4 is 11.9 Å². The van der Waals surface area contributed by atoms with Crippen LogP contribution in [0.25, 0.3) is 0 Å². The lowest BCUT2D eigenvalue weighted by Crippen LogP contribution is -2.38. The first-order valence-electron chi connectivity index (χ1n) is 5.71. The zero-order valence-corrected chi connectivity index (χ0v) is 10.6. The molecule has 0 aromatic heterocycles. The van der Waals surface area contributed by atoms with Gasteiger partial charge in [0.1, 0.15) is 11.8 Å². The van der Waals surface area contributed by atoms with Crippen LogP contribution in [0, 0.1) is 0 Å². The molecule has 0 aliphatic carbocycles. The second-order valence-electron chi connectivity index (χ2n) is 4.20. The predicted molar refractivity (Wildman–Crippen MR) is 66.8 cm³/mol. The van der Waals surface area contributed by atoms with E-state index in [1.165, 1.54) is 6.92 Å². The number of nitrogens with one attached hydrogen (secondary N) is 1. The maximum atomic E-state index is 11.9. The van der Waals surface area contributed by atoms with Crippen molar-refractivity contribution in [3.63, 3.8) is 0 Å². The summed E-state index contributed by atoms with van der Waals surface area (Å²) in [6.07, 6.45) is -0.0594. The monoisotopic (exact) mass is 251 g/mol. The van der Waals surface area contributed by atoms with E-state index in [1.54, 1.807) is 24.3 Å². The molecule has 0 bridgehead atoms. The standard InChI is InChI=1S/C13H17NO4/c1-8(2)18-11-7-5-4-6-10(11)12(15)14-9(3)13(16)17/h4-9H,1-3H3,(H,14,15)(H,16,17)/t9-/m1/s1. The zero-order valence-electron chi connectivity index (χ0n) is 10.6. The molecule has 1 amide bonds. The van der Waals surface area contributed by atoms with Crippen LogP contribution in [0.5, 0.6) is 5.75 Å². The van der Waals surface area contributed by atoms with Gasteiger partial charge in [0.05, 0.1) is 11.7 Å². The second-order valence-corrected chi connectivity index (χ2v) is 4.20. The summed E-state index contributed by atoms with van der Waals surface area (Å²) < 4.78 is 5.50. The summed E-state index contributed by atoms with van der Waals surface area (Å²) in [4.78, 5) is 22.6. The van der Waals surface area contributed by atoms with Gasteiger partial charge in [-0.2, -0.15) is 0 Å². The van der Waals surface area contributed by atoms with Crippen molar-refractivity contribution in [1.82, 2.24) is 5.32 Å². The van der Waals surface area contributed by atoms with E-state index >= 15 is 0 Å². The van der Waals surface area contributed by atoms with Crippen molar-refractivity contribution < 1.29 is 19.4 Å². The Kier molecular flexibility index (Phi) is 4.71. The molecule has 1 rings (SSSR count). The van der Waals surface area contributed by atoms with E-state index in [1.807, 2.05) is 13.8 Å². The minimum atomic E-state index is -1.08. The first-order chi connectivity index (χ1) is 8.41. The third kappa shape index (κ3) is 3.76. The highest BCUT2D eigenvalue weighted by atomic mass is 16.5. The number of carbonyl (C=O) groups is 2. The number of aliphatic carboxylic acids is 1. The summed E-state index contributed by atoms with van der Waals surface area (Å²) in [6, 6.07) is 5.80. The van der Waals surface area contributed by atoms with Crippen LogP contribution in [0.4, 0.5) is 0 Å². The number of ether oxygens (including phenoxy) is 1. The van der Waals surface area contributed by atoms with Crippen molar-refractivity contribution in [3.8, 4) is 5.75 Å². The number of amides is 1. The smallest absolute Gasteiger partial charge is 0.325 e. The number of hydrogen-bond donors (Lipinski definition) is 2. The van der Waals surface area contributed by atoms with Gasteiger partial charge in [0.15, 0.2) is 0 Å². The van der Waals surface area contributed by atoms with Crippen molar-refractivity contribution in [3.05, 3.63) is 29.8 Å². The Labute approximate surface area is 106 Å². The largest absolute Gasteiger partial charge is 0.490 e. The maximum absolute atomic E-state index is 11.9. The van der Waals surface area contributed by atoms with E-state index in [9.17, 15) is 9.59 Å². The van der Waals surface area contributed by atoms with Crippen LogP contribution < -0.4 is 10.1 Å². The van der Waals surface area contributed by atoms with Gasteiger partial charge < -0.3 is 15.2 Å². The summed E-state index contributed by atoms with van der Waals surface area (Å²) in [5.41, 5.74) is 0.333.